The van der Waals surface area contributed by atoms with E-state index in [1.54, 1.807) is 17.3 Å². The Morgan fingerprint density at radius 2 is 1.93 bits per heavy atom. The summed E-state index contributed by atoms with van der Waals surface area (Å²) in [5.41, 5.74) is 5.28. The fraction of sp³-hybridized carbons (Fsp3) is 0.353. The molecule has 0 radical (unpaired) electrons. The number of hydrogen-bond acceptors (Lipinski definition) is 6. The van der Waals surface area contributed by atoms with Crippen molar-refractivity contribution in [2.75, 3.05) is 30.4 Å². The molecule has 3 rings (SSSR count). The lowest BCUT2D eigenvalue weighted by Crippen LogP contribution is -2.59. The minimum Gasteiger partial charge on any atom is -0.370 e. The number of hydrogen-bond donors (Lipinski definition) is 3. The molecule has 1 aromatic carbocycles. The van der Waals surface area contributed by atoms with Crippen molar-refractivity contribution >= 4 is 50.5 Å². The van der Waals surface area contributed by atoms with Crippen molar-refractivity contribution in [1.82, 2.24) is 10.3 Å². The number of primary amides is 1. The summed E-state index contributed by atoms with van der Waals surface area (Å²) in [7, 11) is 1.66. The lowest BCUT2D eigenvalue weighted by molar-refractivity contribution is -0.125. The van der Waals surface area contributed by atoms with Gasteiger partial charge >= 0.3 is 0 Å². The van der Waals surface area contributed by atoms with Gasteiger partial charge < -0.3 is 21.3 Å². The summed E-state index contributed by atoms with van der Waals surface area (Å²) < 4.78 is 28.3. The van der Waals surface area contributed by atoms with E-state index in [9.17, 15) is 18.4 Å². The Balaban J connectivity index is 1.86. The lowest BCUT2D eigenvalue weighted by atomic mass is 9.86. The predicted molar refractivity (Wildman–Crippen MR) is 107 cm³/mol. The predicted octanol–water partition coefficient (Wildman–Crippen LogP) is 2.48. The SMILES string of the molecule is CNC1(C(N)=O)CCN(c2cc(F)c(F)cc2NC(=O)c2csc(Br)n2)CC1. The average Bonchev–Trinajstić information content (AvgIpc) is 3.11. The van der Waals surface area contributed by atoms with Crippen molar-refractivity contribution in [1.29, 1.82) is 0 Å². The molecule has 0 aliphatic carbocycles. The second-order valence-corrected chi connectivity index (χ2v) is 8.54. The van der Waals surface area contributed by atoms with E-state index in [0.29, 0.717) is 35.5 Å². The van der Waals surface area contributed by atoms with Crippen molar-refractivity contribution < 1.29 is 18.4 Å². The minimum absolute atomic E-state index is 0.129. The highest BCUT2D eigenvalue weighted by Crippen LogP contribution is 2.33. The van der Waals surface area contributed by atoms with E-state index in [-0.39, 0.29) is 11.4 Å². The van der Waals surface area contributed by atoms with Crippen molar-refractivity contribution in [3.05, 3.63) is 38.8 Å². The van der Waals surface area contributed by atoms with Gasteiger partial charge in [0.25, 0.3) is 5.91 Å². The molecule has 2 heterocycles. The second-order valence-electron chi connectivity index (χ2n) is 6.41. The maximum absolute atomic E-state index is 13.9. The molecular weight excluding hydrogens is 456 g/mol. The largest absolute Gasteiger partial charge is 0.370 e. The normalized spacial score (nSPS) is 16.1. The summed E-state index contributed by atoms with van der Waals surface area (Å²) in [5.74, 6) is -3.09. The first kappa shape index (κ1) is 20.6. The van der Waals surface area contributed by atoms with E-state index in [1.165, 1.54) is 11.3 Å². The second kappa shape index (κ2) is 8.10. The van der Waals surface area contributed by atoms with Crippen molar-refractivity contribution in [2.45, 2.75) is 18.4 Å². The summed E-state index contributed by atoms with van der Waals surface area (Å²) in [5, 5.41) is 7.10. The Hall–Kier alpha value is -2.11. The molecule has 1 aromatic heterocycles. The smallest absolute Gasteiger partial charge is 0.275 e. The van der Waals surface area contributed by atoms with Crippen LogP contribution in [0.3, 0.4) is 0 Å². The van der Waals surface area contributed by atoms with Crippen LogP contribution >= 0.6 is 27.3 Å². The van der Waals surface area contributed by atoms with E-state index in [0.717, 1.165) is 12.1 Å². The number of nitrogens with zero attached hydrogens (tertiary/aromatic N) is 2. The van der Waals surface area contributed by atoms with Crippen LogP contribution in [-0.2, 0) is 4.79 Å². The molecule has 0 bridgehead atoms. The first-order valence-electron chi connectivity index (χ1n) is 8.41. The number of benzene rings is 1. The first-order chi connectivity index (χ1) is 13.3. The number of nitrogens with one attached hydrogen (secondary N) is 2. The van der Waals surface area contributed by atoms with Gasteiger partial charge in [-0.25, -0.2) is 13.8 Å². The van der Waals surface area contributed by atoms with Gasteiger partial charge in [0.1, 0.15) is 11.2 Å². The number of amides is 2. The number of rotatable bonds is 5. The fourth-order valence-electron chi connectivity index (χ4n) is 3.19. The molecular formula is C17H18BrF2N5O2S. The number of aromatic nitrogens is 1. The molecule has 0 saturated carbocycles. The number of likely N-dealkylation sites (N-methyl/N-ethyl adjacent to an activating group) is 1. The Bertz CT molecular complexity index is 915. The van der Waals surface area contributed by atoms with Crippen molar-refractivity contribution in [3.63, 3.8) is 0 Å². The quantitative estimate of drug-likeness (QED) is 0.619. The van der Waals surface area contributed by atoms with Gasteiger partial charge in [0, 0.05) is 30.6 Å². The monoisotopic (exact) mass is 473 g/mol. The van der Waals surface area contributed by atoms with Gasteiger partial charge in [0.2, 0.25) is 5.91 Å². The number of halogens is 3. The van der Waals surface area contributed by atoms with E-state index < -0.39 is 29.0 Å². The highest BCUT2D eigenvalue weighted by Gasteiger charge is 2.39. The molecule has 0 unspecified atom stereocenters. The van der Waals surface area contributed by atoms with Crippen LogP contribution in [0.5, 0.6) is 0 Å². The average molecular weight is 474 g/mol. The first-order valence-corrected chi connectivity index (χ1v) is 10.1. The molecule has 2 amide bonds. The lowest BCUT2D eigenvalue weighted by Gasteiger charge is -2.41. The Morgan fingerprint density at radius 1 is 1.29 bits per heavy atom. The number of carbonyl (C=O) groups excluding carboxylic acids is 2. The molecule has 11 heteroatoms. The molecule has 7 nitrogen and oxygen atoms in total. The highest BCUT2D eigenvalue weighted by molar-refractivity contribution is 9.11. The summed E-state index contributed by atoms with van der Waals surface area (Å²) >= 11 is 4.41. The van der Waals surface area contributed by atoms with Crippen LogP contribution in [0.4, 0.5) is 20.2 Å². The molecule has 1 aliphatic heterocycles. The van der Waals surface area contributed by atoms with Crippen LogP contribution in [0.15, 0.2) is 21.4 Å². The summed E-state index contributed by atoms with van der Waals surface area (Å²) in [6.45, 7) is 0.750. The van der Waals surface area contributed by atoms with Gasteiger partial charge in [-0.2, -0.15) is 0 Å². The van der Waals surface area contributed by atoms with Crippen LogP contribution in [-0.4, -0.2) is 42.5 Å². The molecule has 1 aliphatic rings. The Morgan fingerprint density at radius 3 is 2.46 bits per heavy atom. The topological polar surface area (TPSA) is 100 Å². The van der Waals surface area contributed by atoms with E-state index >= 15 is 0 Å². The Labute approximate surface area is 172 Å². The molecule has 28 heavy (non-hydrogen) atoms. The zero-order chi connectivity index (χ0) is 20.5. The van der Waals surface area contributed by atoms with E-state index in [4.69, 9.17) is 5.73 Å². The van der Waals surface area contributed by atoms with Crippen LogP contribution in [0.2, 0.25) is 0 Å². The number of piperidine rings is 1. The fourth-order valence-corrected chi connectivity index (χ4v) is 4.18. The molecule has 150 valence electrons. The van der Waals surface area contributed by atoms with E-state index in [1.807, 2.05) is 0 Å². The van der Waals surface area contributed by atoms with Crippen LogP contribution < -0.4 is 21.3 Å². The highest BCUT2D eigenvalue weighted by atomic mass is 79.9. The number of thiazole rings is 1. The maximum Gasteiger partial charge on any atom is 0.275 e. The maximum atomic E-state index is 13.9. The van der Waals surface area contributed by atoms with Crippen molar-refractivity contribution in [2.24, 2.45) is 5.73 Å². The van der Waals surface area contributed by atoms with Gasteiger partial charge in [-0.05, 0) is 35.8 Å². The standard InChI is InChI=1S/C17H18BrF2N5O2S/c1-22-17(15(21)27)2-4-25(5-3-17)13-7-10(20)9(19)6-11(13)23-14(26)12-8-28-16(18)24-12/h6-8,22H,2-5H2,1H3,(H2,21,27)(H,23,26). The van der Waals surface area contributed by atoms with E-state index in [2.05, 4.69) is 31.5 Å². The Kier molecular flexibility index (Phi) is 5.96. The summed E-state index contributed by atoms with van der Waals surface area (Å²) in [4.78, 5) is 30.0. The van der Waals surface area contributed by atoms with Crippen molar-refractivity contribution in [3.8, 4) is 0 Å². The van der Waals surface area contributed by atoms with Crippen LogP contribution in [0.1, 0.15) is 23.3 Å². The molecule has 2 aromatic rings. The number of carbonyl (C=O) groups is 2. The summed E-state index contributed by atoms with van der Waals surface area (Å²) in [6.07, 6.45) is 0.786. The van der Waals surface area contributed by atoms with Gasteiger partial charge in [-0.15, -0.1) is 11.3 Å². The number of nitrogens with two attached hydrogens (primary N) is 1. The van der Waals surface area contributed by atoms with Gasteiger partial charge in [-0.1, -0.05) is 0 Å². The third-order valence-corrected chi connectivity index (χ3v) is 6.27. The molecule has 0 spiro atoms. The zero-order valence-electron chi connectivity index (χ0n) is 14.9. The van der Waals surface area contributed by atoms with Crippen LogP contribution in [0, 0.1) is 11.6 Å². The zero-order valence-corrected chi connectivity index (χ0v) is 17.3. The summed E-state index contributed by atoms with van der Waals surface area (Å²) in [6, 6.07) is 1.98. The molecule has 4 N–H and O–H groups in total. The van der Waals surface area contributed by atoms with Gasteiger partial charge in [-0.3, -0.25) is 9.59 Å². The molecule has 1 saturated heterocycles. The van der Waals surface area contributed by atoms with Crippen LogP contribution in [0.25, 0.3) is 0 Å². The number of anilines is 2. The van der Waals surface area contributed by atoms with Gasteiger partial charge in [0.15, 0.2) is 15.6 Å². The molecule has 1 fully saturated rings. The van der Waals surface area contributed by atoms with Gasteiger partial charge in [0.05, 0.1) is 11.4 Å². The third kappa shape index (κ3) is 4.01. The third-order valence-electron chi connectivity index (χ3n) is 4.90. The minimum atomic E-state index is -1.07. The molecule has 0 atom stereocenters.